The van der Waals surface area contributed by atoms with Gasteiger partial charge in [0.15, 0.2) is 0 Å². The molecule has 0 spiro atoms. The van der Waals surface area contributed by atoms with Crippen molar-refractivity contribution in [3.63, 3.8) is 0 Å². The Morgan fingerprint density at radius 1 is 0.706 bits per heavy atom. The van der Waals surface area contributed by atoms with Gasteiger partial charge in [0, 0.05) is 12.2 Å². The van der Waals surface area contributed by atoms with Crippen molar-refractivity contribution in [2.24, 2.45) is 0 Å². The molecular weight excluding hydrogens is 220 g/mol. The Hall–Kier alpha value is -1.58. The molecule has 0 rings (SSSR count). The summed E-state index contributed by atoms with van der Waals surface area (Å²) in [5.74, 6) is -1.79. The van der Waals surface area contributed by atoms with Gasteiger partial charge in [0.25, 0.3) is 0 Å². The van der Waals surface area contributed by atoms with Gasteiger partial charge >= 0.3 is 11.9 Å². The van der Waals surface area contributed by atoms with Crippen LogP contribution in [0.4, 0.5) is 0 Å². The van der Waals surface area contributed by atoms with E-state index in [1.165, 1.54) is 12.2 Å². The normalized spacial score (nSPS) is 11.3. The highest BCUT2D eigenvalue weighted by Gasteiger charge is 1.90. The number of hydrogen-bond donors (Lipinski definition) is 2. The van der Waals surface area contributed by atoms with E-state index >= 15 is 0 Å². The fourth-order valence-electron chi connectivity index (χ4n) is 1.42. The maximum absolute atomic E-state index is 10.1. The van der Waals surface area contributed by atoms with E-state index in [9.17, 15) is 9.59 Å². The van der Waals surface area contributed by atoms with E-state index in [2.05, 4.69) is 0 Å². The summed E-state index contributed by atoms with van der Waals surface area (Å²) in [5, 5.41) is 16.7. The van der Waals surface area contributed by atoms with Crippen molar-refractivity contribution in [1.82, 2.24) is 0 Å². The van der Waals surface area contributed by atoms with Crippen molar-refractivity contribution >= 4 is 11.9 Å². The van der Waals surface area contributed by atoms with E-state index in [0.29, 0.717) is 0 Å². The van der Waals surface area contributed by atoms with Crippen LogP contribution in [0.25, 0.3) is 0 Å². The van der Waals surface area contributed by atoms with Crippen LogP contribution in [0.2, 0.25) is 0 Å². The third-order valence-corrected chi connectivity index (χ3v) is 2.26. The molecule has 0 radical (unpaired) electrons. The van der Waals surface area contributed by atoms with E-state index in [-0.39, 0.29) is 0 Å². The second kappa shape index (κ2) is 10.9. The summed E-state index contributed by atoms with van der Waals surface area (Å²) < 4.78 is 0. The molecule has 2 N–H and O–H groups in total. The largest absolute Gasteiger partial charge is 0.478 e. The number of hydrogen-bond acceptors (Lipinski definition) is 2. The summed E-state index contributed by atoms with van der Waals surface area (Å²) >= 11 is 0. The summed E-state index contributed by atoms with van der Waals surface area (Å²) in [6.45, 7) is 0. The third-order valence-electron chi connectivity index (χ3n) is 2.26. The molecule has 0 aromatic rings. The maximum Gasteiger partial charge on any atom is 0.327 e. The number of carbonyl (C=O) groups is 2. The van der Waals surface area contributed by atoms with Gasteiger partial charge < -0.3 is 10.2 Å². The van der Waals surface area contributed by atoms with Crippen molar-refractivity contribution in [3.05, 3.63) is 24.3 Å². The summed E-state index contributed by atoms with van der Waals surface area (Å²) in [5.41, 5.74) is 0. The predicted molar refractivity (Wildman–Crippen MR) is 65.9 cm³/mol. The Morgan fingerprint density at radius 3 is 1.41 bits per heavy atom. The Balaban J connectivity index is 3.19. The second-order valence-electron chi connectivity index (χ2n) is 3.83. The molecule has 17 heavy (non-hydrogen) atoms. The molecular formula is C13H20O4. The number of unbranched alkanes of at least 4 members (excludes halogenated alkanes) is 6. The van der Waals surface area contributed by atoms with Crippen LogP contribution in [0.1, 0.15) is 44.9 Å². The van der Waals surface area contributed by atoms with E-state index in [4.69, 9.17) is 10.2 Å². The molecule has 4 heteroatoms. The minimum Gasteiger partial charge on any atom is -0.478 e. The van der Waals surface area contributed by atoms with Crippen LogP contribution in [-0.2, 0) is 9.59 Å². The lowest BCUT2D eigenvalue weighted by Crippen LogP contribution is -1.86. The number of rotatable bonds is 10. The molecule has 0 heterocycles. The minimum atomic E-state index is -0.893. The molecule has 0 amide bonds. The third kappa shape index (κ3) is 14.4. The molecule has 0 unspecified atom stereocenters. The van der Waals surface area contributed by atoms with Gasteiger partial charge in [0.2, 0.25) is 0 Å². The lowest BCUT2D eigenvalue weighted by molar-refractivity contribution is -0.132. The quantitative estimate of drug-likeness (QED) is 0.454. The first kappa shape index (κ1) is 15.4. The van der Waals surface area contributed by atoms with E-state index in [1.54, 1.807) is 12.2 Å². The Morgan fingerprint density at radius 2 is 1.06 bits per heavy atom. The van der Waals surface area contributed by atoms with Crippen molar-refractivity contribution < 1.29 is 19.8 Å². The second-order valence-corrected chi connectivity index (χ2v) is 3.83. The highest BCUT2D eigenvalue weighted by atomic mass is 16.4. The number of allylic oxidation sites excluding steroid dienone is 2. The summed E-state index contributed by atoms with van der Waals surface area (Å²) in [7, 11) is 0. The van der Waals surface area contributed by atoms with Gasteiger partial charge in [0.1, 0.15) is 0 Å². The van der Waals surface area contributed by atoms with Crippen LogP contribution < -0.4 is 0 Å². The van der Waals surface area contributed by atoms with Crippen LogP contribution >= 0.6 is 0 Å². The molecule has 0 aromatic heterocycles. The number of aliphatic carboxylic acids is 2. The first-order valence-corrected chi connectivity index (χ1v) is 5.92. The maximum atomic E-state index is 10.1. The smallest absolute Gasteiger partial charge is 0.327 e. The zero-order chi connectivity index (χ0) is 12.9. The Kier molecular flexibility index (Phi) is 9.91. The van der Waals surface area contributed by atoms with Crippen LogP contribution in [-0.4, -0.2) is 22.2 Å². The zero-order valence-corrected chi connectivity index (χ0v) is 9.97. The van der Waals surface area contributed by atoms with Crippen LogP contribution in [0.15, 0.2) is 24.3 Å². The fraction of sp³-hybridized carbons (Fsp3) is 0.538. The van der Waals surface area contributed by atoms with Crippen molar-refractivity contribution in [2.75, 3.05) is 0 Å². The van der Waals surface area contributed by atoms with Crippen LogP contribution in [0.5, 0.6) is 0 Å². The summed E-state index contributed by atoms with van der Waals surface area (Å²) in [6, 6.07) is 0. The van der Waals surface area contributed by atoms with E-state index in [0.717, 1.165) is 44.9 Å². The minimum absolute atomic E-state index is 0.811. The molecule has 0 aliphatic heterocycles. The summed E-state index contributed by atoms with van der Waals surface area (Å²) in [4.78, 5) is 20.3. The van der Waals surface area contributed by atoms with Gasteiger partial charge in [-0.1, -0.05) is 31.4 Å². The molecule has 0 saturated carbocycles. The first-order chi connectivity index (χ1) is 8.13. The topological polar surface area (TPSA) is 74.6 Å². The molecule has 0 aliphatic rings. The molecule has 96 valence electrons. The predicted octanol–water partition coefficient (Wildman–Crippen LogP) is 3.00. The summed E-state index contributed by atoms with van der Waals surface area (Å²) in [6.07, 6.45) is 12.6. The number of carboxylic acid groups (broad SMARTS) is 2. The SMILES string of the molecule is O=C(O)/C=C/CCCCCCC/C=C/C(=O)O. The molecule has 4 nitrogen and oxygen atoms in total. The lowest BCUT2D eigenvalue weighted by atomic mass is 10.1. The molecule has 0 atom stereocenters. The van der Waals surface area contributed by atoms with Crippen LogP contribution in [0, 0.1) is 0 Å². The average Bonchev–Trinajstić information content (AvgIpc) is 2.25. The molecule has 0 fully saturated rings. The van der Waals surface area contributed by atoms with Gasteiger partial charge in [-0.15, -0.1) is 0 Å². The Bertz CT molecular complexity index is 251. The van der Waals surface area contributed by atoms with Gasteiger partial charge in [-0.25, -0.2) is 9.59 Å². The molecule has 0 saturated heterocycles. The fourth-order valence-corrected chi connectivity index (χ4v) is 1.42. The highest BCUT2D eigenvalue weighted by Crippen LogP contribution is 2.07. The van der Waals surface area contributed by atoms with Gasteiger partial charge in [-0.05, 0) is 25.7 Å². The van der Waals surface area contributed by atoms with Gasteiger partial charge in [-0.2, -0.15) is 0 Å². The van der Waals surface area contributed by atoms with Crippen molar-refractivity contribution in [3.8, 4) is 0 Å². The van der Waals surface area contributed by atoms with Crippen molar-refractivity contribution in [1.29, 1.82) is 0 Å². The molecule has 0 aromatic carbocycles. The monoisotopic (exact) mass is 240 g/mol. The molecule has 0 aliphatic carbocycles. The zero-order valence-electron chi connectivity index (χ0n) is 9.97. The van der Waals surface area contributed by atoms with Gasteiger partial charge in [-0.3, -0.25) is 0 Å². The van der Waals surface area contributed by atoms with Gasteiger partial charge in [0.05, 0.1) is 0 Å². The Labute approximate surface area is 102 Å². The number of carboxylic acids is 2. The average molecular weight is 240 g/mol. The highest BCUT2D eigenvalue weighted by molar-refractivity contribution is 5.79. The van der Waals surface area contributed by atoms with E-state index in [1.807, 2.05) is 0 Å². The lowest BCUT2D eigenvalue weighted by Gasteiger charge is -1.97. The molecule has 0 bridgehead atoms. The first-order valence-electron chi connectivity index (χ1n) is 5.92. The standard InChI is InChI=1S/C13H20O4/c14-12(15)10-8-6-4-2-1-3-5-7-9-11-13(16)17/h8-11H,1-7H2,(H,14,15)(H,16,17)/b10-8+,11-9+. The van der Waals surface area contributed by atoms with E-state index < -0.39 is 11.9 Å². The van der Waals surface area contributed by atoms with Crippen LogP contribution in [0.3, 0.4) is 0 Å². The van der Waals surface area contributed by atoms with Crippen molar-refractivity contribution in [2.45, 2.75) is 44.9 Å².